The molecule has 42 heteroatoms. The molecular weight excluding hydrogens is 1390 g/mol. The molecule has 0 heterocycles. The summed E-state index contributed by atoms with van der Waals surface area (Å²) in [4.78, 5) is -4.90. The van der Waals surface area contributed by atoms with Crippen LogP contribution in [0.25, 0.3) is 33.4 Å². The molecule has 0 unspecified atom stereocenters. The summed E-state index contributed by atoms with van der Waals surface area (Å²) in [5.41, 5.74) is -51.6. The fraction of sp³-hybridized carbons (Fsp3) is 0.0400. The Bertz CT molecular complexity index is 4080. The third-order valence-electron chi connectivity index (χ3n) is 12.5. The second-order valence-corrected chi connectivity index (χ2v) is 17.4. The average molecular weight is 1390 g/mol. The molecule has 490 valence electrons. The van der Waals surface area contributed by atoms with Gasteiger partial charge < -0.3 is 0 Å². The highest BCUT2D eigenvalue weighted by Crippen LogP contribution is 2.55. The molecule has 0 saturated carbocycles. The van der Waals surface area contributed by atoms with Crippen LogP contribution >= 0.6 is 0 Å². The Kier molecular flexibility index (Phi) is 16.9. The summed E-state index contributed by atoms with van der Waals surface area (Å²) in [6.45, 7) is 0. The highest BCUT2D eigenvalue weighted by Gasteiger charge is 2.50. The first-order valence-electron chi connectivity index (χ1n) is 22.2. The van der Waals surface area contributed by atoms with Gasteiger partial charge >= 0.3 is 12.4 Å². The van der Waals surface area contributed by atoms with Gasteiger partial charge in [-0.15, -0.1) is 0 Å². The maximum Gasteiger partial charge on any atom is 0.422 e. The van der Waals surface area contributed by atoms with E-state index in [0.29, 0.717) is 0 Å². The fourth-order valence-electron chi connectivity index (χ4n) is 8.59. The molecule has 0 spiro atoms. The van der Waals surface area contributed by atoms with Crippen molar-refractivity contribution in [3.63, 3.8) is 0 Å². The van der Waals surface area contributed by atoms with Gasteiger partial charge in [0.25, 0.3) is 0 Å². The predicted octanol–water partition coefficient (Wildman–Crippen LogP) is 20.4. The molecule has 0 aromatic heterocycles. The molecule has 0 amide bonds. The summed E-state index contributed by atoms with van der Waals surface area (Å²) in [6.07, 6.45) is -13.6. The molecule has 0 atom stereocenters. The van der Waals surface area contributed by atoms with Crippen LogP contribution in [0.2, 0.25) is 0 Å². The Hall–Kier alpha value is -9.44. The summed E-state index contributed by atoms with van der Waals surface area (Å²) in [6, 6.07) is 0. The van der Waals surface area contributed by atoms with Crippen molar-refractivity contribution in [3.8, 4) is 33.4 Å². The van der Waals surface area contributed by atoms with Crippen molar-refractivity contribution in [3.05, 3.63) is 209 Å². The third-order valence-corrected chi connectivity index (χ3v) is 12.5. The third kappa shape index (κ3) is 9.59. The summed E-state index contributed by atoms with van der Waals surface area (Å²) in [5.74, 6) is -132. The molecule has 0 bridgehead atoms. The van der Waals surface area contributed by atoms with Crippen LogP contribution in [0.4, 0.5) is 210 Å². The second kappa shape index (κ2) is 22.7. The van der Waals surface area contributed by atoms with Crippen LogP contribution in [0.1, 0.15) is 11.1 Å². The number of rotatable bonds is 9. The van der Waals surface area contributed by atoms with Gasteiger partial charge in [0.1, 0.15) is 45.3 Å². The van der Waals surface area contributed by atoms with E-state index in [0.717, 1.165) is 0 Å². The first-order chi connectivity index (χ1) is 42.2. The number of hydrogen-bond acceptors (Lipinski definition) is 2. The summed E-state index contributed by atoms with van der Waals surface area (Å²) >= 11 is 0. The smallest absolute Gasteiger partial charge is 0.294 e. The maximum atomic E-state index is 16.6. The Balaban J connectivity index is 1.51. The van der Waals surface area contributed by atoms with Crippen molar-refractivity contribution in [2.75, 3.05) is 9.80 Å². The molecule has 0 fully saturated rings. The van der Waals surface area contributed by atoms with Gasteiger partial charge in [0, 0.05) is 0 Å². The minimum Gasteiger partial charge on any atom is -0.294 e. The zero-order valence-corrected chi connectivity index (χ0v) is 41.0. The first kappa shape index (κ1) is 68.5. The summed E-state index contributed by atoms with van der Waals surface area (Å²) in [7, 11) is 0. The van der Waals surface area contributed by atoms with Crippen LogP contribution < -0.4 is 9.80 Å². The lowest BCUT2D eigenvalue weighted by Crippen LogP contribution is -2.26. The van der Waals surface area contributed by atoms with Gasteiger partial charge in [-0.25, -0.2) is 149 Å². The minimum atomic E-state index is -6.81. The Labute approximate surface area is 474 Å². The van der Waals surface area contributed by atoms with Crippen molar-refractivity contribution in [1.82, 2.24) is 0 Å². The van der Waals surface area contributed by atoms with Crippen LogP contribution in [0, 0.1) is 198 Å². The van der Waals surface area contributed by atoms with Crippen LogP contribution in [0.15, 0.2) is 0 Å². The quantitative estimate of drug-likeness (QED) is 0.0807. The largest absolute Gasteiger partial charge is 0.422 e. The van der Waals surface area contributed by atoms with Gasteiger partial charge in [-0.05, 0) is 0 Å². The van der Waals surface area contributed by atoms with Crippen molar-refractivity contribution < 1.29 is 176 Å². The van der Waals surface area contributed by atoms with E-state index in [4.69, 9.17) is 0 Å². The van der Waals surface area contributed by atoms with Gasteiger partial charge in [-0.3, -0.25) is 9.80 Å². The normalized spacial score (nSPS) is 12.1. The molecule has 8 aromatic carbocycles. The lowest BCUT2D eigenvalue weighted by atomic mass is 9.97. The molecule has 0 radical (unpaired) electrons. The maximum absolute atomic E-state index is 16.6. The molecule has 8 aromatic rings. The van der Waals surface area contributed by atoms with E-state index in [1.807, 2.05) is 0 Å². The van der Waals surface area contributed by atoms with Gasteiger partial charge in [-0.1, -0.05) is 0 Å². The van der Waals surface area contributed by atoms with Crippen molar-refractivity contribution in [1.29, 1.82) is 0 Å². The average Bonchev–Trinajstić information content (AvgIpc) is 0.722. The molecular formula is C50F40N2. The molecule has 0 aliphatic carbocycles. The number of nitrogens with zero attached hydrogens (tertiary/aromatic N) is 2. The zero-order chi connectivity index (χ0) is 69.9. The molecule has 2 nitrogen and oxygen atoms in total. The number of hydrogen-bond donors (Lipinski definition) is 0. The monoisotopic (exact) mass is 1390 g/mol. The fourth-order valence-corrected chi connectivity index (χ4v) is 8.59. The van der Waals surface area contributed by atoms with Crippen LogP contribution in [0.5, 0.6) is 0 Å². The standard InChI is InChI=1S/C50F40N2/c51-9-1(10(52)26(68)29(71)25(9)67)3-13(55)31(73)43(32(74)14(3)56)91(47-39(81)21(63)7(49(85,86)87)22(64)40(47)82)45-35(77)17(59)5(18(60)36(45)78)6-19(61)37(79)46(38(80)20(6)62)92(48-41(83)23(65)8(50(88,89)90)24(66)42(48)84)44-33(75)15(57)4(16(58)34(44)76)2-11(53)27(69)30(72)28(70)12(2)54. The van der Waals surface area contributed by atoms with E-state index in [1.165, 1.54) is 0 Å². The van der Waals surface area contributed by atoms with E-state index in [1.54, 1.807) is 0 Å². The van der Waals surface area contributed by atoms with Crippen molar-refractivity contribution in [2.45, 2.75) is 12.4 Å². The zero-order valence-electron chi connectivity index (χ0n) is 41.0. The first-order valence-corrected chi connectivity index (χ1v) is 22.2. The van der Waals surface area contributed by atoms with E-state index in [2.05, 4.69) is 0 Å². The summed E-state index contributed by atoms with van der Waals surface area (Å²) < 4.78 is 609. The van der Waals surface area contributed by atoms with Gasteiger partial charge in [0.2, 0.25) is 11.6 Å². The Morgan fingerprint density at radius 3 is 0.348 bits per heavy atom. The lowest BCUT2D eigenvalue weighted by molar-refractivity contribution is -0.144. The van der Waals surface area contributed by atoms with Gasteiger partial charge in [0.15, 0.2) is 186 Å². The number of alkyl halides is 6. The van der Waals surface area contributed by atoms with Gasteiger partial charge in [0.05, 0.1) is 33.4 Å². The molecule has 92 heavy (non-hydrogen) atoms. The van der Waals surface area contributed by atoms with E-state index in [9.17, 15) is 70.2 Å². The molecule has 0 aliphatic heterocycles. The van der Waals surface area contributed by atoms with Crippen molar-refractivity contribution >= 4 is 34.1 Å². The molecule has 8 rings (SSSR count). The van der Waals surface area contributed by atoms with Gasteiger partial charge in [-0.2, -0.15) is 26.3 Å². The van der Waals surface area contributed by atoms with E-state index >= 15 is 105 Å². The Morgan fingerprint density at radius 2 is 0.228 bits per heavy atom. The highest BCUT2D eigenvalue weighted by atomic mass is 19.4. The topological polar surface area (TPSA) is 6.48 Å². The second-order valence-electron chi connectivity index (χ2n) is 17.4. The Morgan fingerprint density at radius 1 is 0.130 bits per heavy atom. The number of benzene rings is 8. The molecule has 0 aliphatic rings. The number of halogens is 40. The van der Waals surface area contributed by atoms with Crippen LogP contribution in [0.3, 0.4) is 0 Å². The lowest BCUT2D eigenvalue weighted by Gasteiger charge is -2.30. The molecule has 0 N–H and O–H groups in total. The minimum absolute atomic E-state index is 2.45. The number of anilines is 6. The highest BCUT2D eigenvalue weighted by molar-refractivity contribution is 5.86. The van der Waals surface area contributed by atoms with Crippen molar-refractivity contribution in [2.24, 2.45) is 0 Å². The SMILES string of the molecule is Fc1c(F)c(F)c(-c2c(F)c(F)c(N(c3c(F)c(F)c(-c4c(F)c(F)c(N(c5c(F)c(F)c(-c6c(F)c(F)c(F)c(F)c6F)c(F)c5F)c5c(F)c(F)c(C(F)(F)F)c(F)c5F)c(F)c4F)c(F)c3F)c3c(F)c(F)c(C(F)(F)F)c(F)c3F)c(F)c2F)c(F)c1F. The van der Waals surface area contributed by atoms with E-state index < -0.39 is 299 Å². The van der Waals surface area contributed by atoms with E-state index in [-0.39, 0.29) is 0 Å². The summed E-state index contributed by atoms with van der Waals surface area (Å²) in [5, 5.41) is 0. The predicted molar refractivity (Wildman–Crippen MR) is 221 cm³/mol. The van der Waals surface area contributed by atoms with Crippen LogP contribution in [-0.4, -0.2) is 0 Å². The van der Waals surface area contributed by atoms with Crippen LogP contribution in [-0.2, 0) is 12.4 Å². The molecule has 0 saturated heterocycles.